The fourth-order valence-electron chi connectivity index (χ4n) is 4.70. The van der Waals surface area contributed by atoms with Crippen molar-refractivity contribution in [1.82, 2.24) is 24.4 Å². The van der Waals surface area contributed by atoms with Crippen molar-refractivity contribution in [3.8, 4) is 11.5 Å². The quantitative estimate of drug-likeness (QED) is 0.654. The summed E-state index contributed by atoms with van der Waals surface area (Å²) in [7, 11) is 1.72. The molecular formula is C21H25N5O4. The highest BCUT2D eigenvalue weighted by atomic mass is 16.5. The van der Waals surface area contributed by atoms with Crippen LogP contribution in [0.4, 0.5) is 0 Å². The molecule has 2 fully saturated rings. The molecule has 1 amide bonds. The number of nitrogens with zero attached hydrogens (tertiary/aromatic N) is 5. The number of furan rings is 1. The second kappa shape index (κ2) is 7.62. The van der Waals surface area contributed by atoms with Crippen molar-refractivity contribution in [2.75, 3.05) is 13.1 Å². The van der Waals surface area contributed by atoms with Crippen LogP contribution in [0.15, 0.2) is 38.2 Å². The topological polar surface area (TPSA) is 99.3 Å². The van der Waals surface area contributed by atoms with E-state index in [1.807, 2.05) is 4.57 Å². The van der Waals surface area contributed by atoms with Crippen LogP contribution in [-0.4, -0.2) is 43.4 Å². The smallest absolute Gasteiger partial charge is 0.345 e. The van der Waals surface area contributed by atoms with E-state index >= 15 is 0 Å². The minimum absolute atomic E-state index is 0.0246. The summed E-state index contributed by atoms with van der Waals surface area (Å²) in [5.74, 6) is 1.89. The average molecular weight is 411 g/mol. The largest absolute Gasteiger partial charge is 0.461 e. The van der Waals surface area contributed by atoms with E-state index in [0.29, 0.717) is 24.6 Å². The Bertz CT molecular complexity index is 1080. The molecule has 4 heterocycles. The van der Waals surface area contributed by atoms with Crippen LogP contribution in [0.25, 0.3) is 11.5 Å². The van der Waals surface area contributed by atoms with Gasteiger partial charge in [0.05, 0.1) is 6.26 Å². The Morgan fingerprint density at radius 1 is 1.13 bits per heavy atom. The normalized spacial score (nSPS) is 18.4. The number of amides is 1. The van der Waals surface area contributed by atoms with E-state index < -0.39 is 0 Å². The monoisotopic (exact) mass is 411 g/mol. The van der Waals surface area contributed by atoms with Gasteiger partial charge in [0.15, 0.2) is 11.5 Å². The van der Waals surface area contributed by atoms with Crippen molar-refractivity contribution in [1.29, 1.82) is 0 Å². The third-order valence-corrected chi connectivity index (χ3v) is 6.31. The van der Waals surface area contributed by atoms with Crippen LogP contribution < -0.4 is 5.69 Å². The van der Waals surface area contributed by atoms with Gasteiger partial charge in [-0.1, -0.05) is 18.0 Å². The number of likely N-dealkylation sites (tertiary alicyclic amines) is 1. The number of carbonyl (C=O) groups excluding carboxylic acids is 1. The Labute approximate surface area is 173 Å². The lowest BCUT2D eigenvalue weighted by atomic mass is 9.95. The zero-order valence-corrected chi connectivity index (χ0v) is 17.0. The van der Waals surface area contributed by atoms with E-state index in [0.717, 1.165) is 44.3 Å². The third-order valence-electron chi connectivity index (χ3n) is 6.31. The molecule has 1 aliphatic heterocycles. The van der Waals surface area contributed by atoms with Gasteiger partial charge < -0.3 is 13.8 Å². The number of carbonyl (C=O) groups is 1. The molecule has 0 atom stereocenters. The first-order valence-corrected chi connectivity index (χ1v) is 10.6. The first-order valence-electron chi connectivity index (χ1n) is 10.6. The van der Waals surface area contributed by atoms with Crippen LogP contribution in [0, 0.1) is 0 Å². The highest BCUT2D eigenvalue weighted by Gasteiger charge is 2.32. The molecule has 0 unspecified atom stereocenters. The lowest BCUT2D eigenvalue weighted by molar-refractivity contribution is 0.0699. The third kappa shape index (κ3) is 3.28. The van der Waals surface area contributed by atoms with Gasteiger partial charge in [0, 0.05) is 38.2 Å². The SMILES string of the molecule is Cn1nc(C2CCN(C(=O)c3cc(-c4ccco4)on3)CC2)n(C2CCCC2)c1=O. The van der Waals surface area contributed by atoms with E-state index in [2.05, 4.69) is 10.3 Å². The molecule has 0 radical (unpaired) electrons. The molecule has 3 aromatic rings. The zero-order valence-electron chi connectivity index (χ0n) is 17.0. The van der Waals surface area contributed by atoms with E-state index in [1.165, 1.54) is 4.68 Å². The molecule has 0 N–H and O–H groups in total. The number of rotatable bonds is 4. The molecule has 1 saturated carbocycles. The standard InChI is InChI=1S/C21H25N5O4/c1-24-21(28)26(15-5-2-3-6-15)19(22-24)14-8-10-25(11-9-14)20(27)16-13-18(30-23-16)17-7-4-12-29-17/h4,7,12-15H,2-3,5-6,8-11H2,1H3. The zero-order chi connectivity index (χ0) is 20.7. The van der Waals surface area contributed by atoms with Gasteiger partial charge >= 0.3 is 5.69 Å². The summed E-state index contributed by atoms with van der Waals surface area (Å²) in [4.78, 5) is 27.3. The first-order chi connectivity index (χ1) is 14.6. The lowest BCUT2D eigenvalue weighted by Gasteiger charge is -2.31. The highest BCUT2D eigenvalue weighted by Crippen LogP contribution is 2.34. The summed E-state index contributed by atoms with van der Waals surface area (Å²) < 4.78 is 13.9. The maximum absolute atomic E-state index is 12.9. The second-order valence-corrected chi connectivity index (χ2v) is 8.19. The van der Waals surface area contributed by atoms with Crippen molar-refractivity contribution in [2.45, 2.75) is 50.5 Å². The van der Waals surface area contributed by atoms with Crippen molar-refractivity contribution < 1.29 is 13.7 Å². The van der Waals surface area contributed by atoms with Crippen LogP contribution >= 0.6 is 0 Å². The van der Waals surface area contributed by atoms with Crippen LogP contribution in [0.5, 0.6) is 0 Å². The van der Waals surface area contributed by atoms with Crippen molar-refractivity contribution in [2.24, 2.45) is 7.05 Å². The predicted octanol–water partition coefficient (Wildman–Crippen LogP) is 2.96. The maximum Gasteiger partial charge on any atom is 0.345 e. The van der Waals surface area contributed by atoms with Gasteiger partial charge in [0.1, 0.15) is 5.82 Å². The Kier molecular flexibility index (Phi) is 4.80. The Hall–Kier alpha value is -3.10. The number of piperidine rings is 1. The van der Waals surface area contributed by atoms with E-state index in [9.17, 15) is 9.59 Å². The minimum atomic E-state index is -0.149. The molecule has 1 aliphatic carbocycles. The molecular weight excluding hydrogens is 386 g/mol. The summed E-state index contributed by atoms with van der Waals surface area (Å²) in [5, 5.41) is 8.48. The van der Waals surface area contributed by atoms with Gasteiger partial charge in [0.2, 0.25) is 5.76 Å². The predicted molar refractivity (Wildman–Crippen MR) is 107 cm³/mol. The van der Waals surface area contributed by atoms with Gasteiger partial charge in [-0.3, -0.25) is 9.36 Å². The molecule has 9 heteroatoms. The number of hydrogen-bond acceptors (Lipinski definition) is 6. The van der Waals surface area contributed by atoms with Crippen LogP contribution in [0.3, 0.4) is 0 Å². The molecule has 158 valence electrons. The van der Waals surface area contributed by atoms with E-state index in [-0.39, 0.29) is 29.3 Å². The molecule has 3 aromatic heterocycles. The van der Waals surface area contributed by atoms with Gasteiger partial charge in [-0.25, -0.2) is 9.48 Å². The molecule has 9 nitrogen and oxygen atoms in total. The van der Waals surface area contributed by atoms with Gasteiger partial charge in [0.25, 0.3) is 5.91 Å². The van der Waals surface area contributed by atoms with Crippen LogP contribution in [-0.2, 0) is 7.05 Å². The fourth-order valence-corrected chi connectivity index (χ4v) is 4.70. The second-order valence-electron chi connectivity index (χ2n) is 8.19. The molecule has 0 spiro atoms. The first kappa shape index (κ1) is 18.9. The fraction of sp³-hybridized carbons (Fsp3) is 0.524. The van der Waals surface area contributed by atoms with Crippen molar-refractivity contribution in [3.05, 3.63) is 46.5 Å². The van der Waals surface area contributed by atoms with Gasteiger partial charge in [-0.2, -0.15) is 5.10 Å². The minimum Gasteiger partial charge on any atom is -0.461 e. The molecule has 5 rings (SSSR count). The summed E-state index contributed by atoms with van der Waals surface area (Å²) in [6.45, 7) is 1.20. The van der Waals surface area contributed by atoms with Crippen LogP contribution in [0.2, 0.25) is 0 Å². The summed E-state index contributed by atoms with van der Waals surface area (Å²) >= 11 is 0. The lowest BCUT2D eigenvalue weighted by Crippen LogP contribution is -2.39. The van der Waals surface area contributed by atoms with E-state index in [1.54, 1.807) is 36.4 Å². The van der Waals surface area contributed by atoms with Crippen molar-refractivity contribution in [3.63, 3.8) is 0 Å². The molecule has 2 aliphatic rings. The average Bonchev–Trinajstić information content (AvgIpc) is 3.55. The number of aryl methyl sites for hydroxylation is 1. The molecule has 0 aromatic carbocycles. The Morgan fingerprint density at radius 3 is 2.60 bits per heavy atom. The Morgan fingerprint density at radius 2 is 1.90 bits per heavy atom. The summed E-state index contributed by atoms with van der Waals surface area (Å²) in [5.41, 5.74) is 0.254. The number of aromatic nitrogens is 4. The molecule has 30 heavy (non-hydrogen) atoms. The van der Waals surface area contributed by atoms with Gasteiger partial charge in [-0.05, 0) is 37.8 Å². The number of hydrogen-bond donors (Lipinski definition) is 0. The maximum atomic E-state index is 12.9. The molecule has 1 saturated heterocycles. The highest BCUT2D eigenvalue weighted by molar-refractivity contribution is 5.93. The van der Waals surface area contributed by atoms with E-state index in [4.69, 9.17) is 8.94 Å². The molecule has 0 bridgehead atoms. The Balaban J connectivity index is 1.28. The van der Waals surface area contributed by atoms with Crippen molar-refractivity contribution >= 4 is 5.91 Å². The van der Waals surface area contributed by atoms with Gasteiger partial charge in [-0.15, -0.1) is 0 Å². The summed E-state index contributed by atoms with van der Waals surface area (Å²) in [6, 6.07) is 5.39. The van der Waals surface area contributed by atoms with Crippen LogP contribution in [0.1, 0.15) is 66.8 Å². The summed E-state index contributed by atoms with van der Waals surface area (Å²) in [6.07, 6.45) is 7.51.